The van der Waals surface area contributed by atoms with Crippen LogP contribution in [0.15, 0.2) is 147 Å². The van der Waals surface area contributed by atoms with E-state index in [1.165, 1.54) is 17.8 Å². The number of hydrogen-bond acceptors (Lipinski definition) is 15. The van der Waals surface area contributed by atoms with E-state index in [4.69, 9.17) is 17.2 Å². The van der Waals surface area contributed by atoms with Crippen LogP contribution in [0.1, 0.15) is 80.9 Å². The molecule has 3 amide bonds. The van der Waals surface area contributed by atoms with Gasteiger partial charge in [-0.05, 0) is 131 Å². The number of fused-ring (bicyclic) bond motifs is 3. The first kappa shape index (κ1) is 57.1. The van der Waals surface area contributed by atoms with Gasteiger partial charge >= 0.3 is 0 Å². The van der Waals surface area contributed by atoms with Crippen molar-refractivity contribution in [2.45, 2.75) is 91.1 Å². The maximum Gasteiger partial charge on any atom is 0.280 e. The lowest BCUT2D eigenvalue weighted by Gasteiger charge is -2.16. The van der Waals surface area contributed by atoms with Crippen molar-refractivity contribution in [3.8, 4) is 33.8 Å². The molecule has 0 radical (unpaired) electrons. The zero-order valence-electron chi connectivity index (χ0n) is 45.6. The highest BCUT2D eigenvalue weighted by Crippen LogP contribution is 2.30. The highest BCUT2D eigenvalue weighted by atomic mass is 19.3. The molecule has 18 nitrogen and oxygen atoms in total. The van der Waals surface area contributed by atoms with Gasteiger partial charge in [0, 0.05) is 123 Å². The first-order chi connectivity index (χ1) is 40.6. The van der Waals surface area contributed by atoms with E-state index in [2.05, 4.69) is 57.8 Å². The molecule has 3 aliphatic heterocycles. The minimum absolute atomic E-state index is 0.0202. The first-order valence-electron chi connectivity index (χ1n) is 26.9. The van der Waals surface area contributed by atoms with Gasteiger partial charge in [-0.1, -0.05) is 6.92 Å². The second-order valence-electron chi connectivity index (χ2n) is 20.2. The van der Waals surface area contributed by atoms with E-state index < -0.39 is 12.9 Å². The van der Waals surface area contributed by atoms with E-state index in [1.54, 1.807) is 95.6 Å². The molecule has 0 fully saturated rings. The summed E-state index contributed by atoms with van der Waals surface area (Å²) in [5.74, 6) is -0.275. The van der Waals surface area contributed by atoms with E-state index in [0.29, 0.717) is 89.5 Å². The summed E-state index contributed by atoms with van der Waals surface area (Å²) in [4.78, 5) is 81.7. The Labute approximate surface area is 481 Å². The van der Waals surface area contributed by atoms with Crippen molar-refractivity contribution >= 4 is 34.8 Å². The molecule has 9 aromatic heterocycles. The highest BCUT2D eigenvalue weighted by molar-refractivity contribution is 5.82. The first-order valence-corrected chi connectivity index (χ1v) is 26.9. The number of carbonyl (C=O) groups is 3. The van der Waals surface area contributed by atoms with Crippen molar-refractivity contribution in [1.82, 2.24) is 59.6 Å². The van der Waals surface area contributed by atoms with Crippen LogP contribution < -0.4 is 17.2 Å². The number of nitrogens with zero attached hydrogens (tertiary/aromatic N) is 12. The molecule has 12 rings (SSSR count). The molecule has 426 valence electrons. The summed E-state index contributed by atoms with van der Waals surface area (Å²) in [5.41, 5.74) is 32.4. The molecule has 12 heterocycles. The van der Waals surface area contributed by atoms with Crippen molar-refractivity contribution in [1.29, 1.82) is 0 Å². The Morgan fingerprint density at radius 1 is 0.464 bits per heavy atom. The number of aromatic nitrogens is 9. The Kier molecular flexibility index (Phi) is 17.5. The standard InChI is InChI=1S/C21H19F2N5O.C21H21N5O.C20H17F2N5O/c22-20(23)7-16-6-14-11-28(12-15(14)10-26-16)21(29)8-19-17(24)3-4-18(27-19)13-2-1-5-25-9-13;1-2-17-8-15-12-26(13-16(15)11-24-17)21(27)9-20-18(22)5-6-19(25-20)14-4-3-7-23-10-14;21-20(22)18-6-13-10-27(11-14(13)9-25-18)19(28)7-17-15(23)3-4-16(26-17)12-2-1-5-24-8-12/h1-6,9-10,20H,7-8,11-12,24H2;3-8,10-11H,2,9,12-13,22H2,1H3;1-6,8-9,20H,7,10-11,23H2. The Bertz CT molecular complexity index is 3850. The van der Waals surface area contributed by atoms with Crippen molar-refractivity contribution in [3.63, 3.8) is 0 Å². The molecule has 0 spiro atoms. The number of rotatable bonds is 13. The zero-order valence-corrected chi connectivity index (χ0v) is 45.6. The maximum absolute atomic E-state index is 12.8. The number of carbonyl (C=O) groups excluding carboxylic acids is 3. The lowest BCUT2D eigenvalue weighted by Crippen LogP contribution is -2.27. The fourth-order valence-electron chi connectivity index (χ4n) is 9.83. The monoisotopic (exact) mass is 1140 g/mol. The van der Waals surface area contributed by atoms with Gasteiger partial charge in [-0.2, -0.15) is 0 Å². The largest absolute Gasteiger partial charge is 0.397 e. The fraction of sp³-hybridized carbons (Fsp3) is 0.226. The van der Waals surface area contributed by atoms with Gasteiger partial charge < -0.3 is 31.9 Å². The smallest absolute Gasteiger partial charge is 0.280 e. The number of halogens is 4. The van der Waals surface area contributed by atoms with Gasteiger partial charge in [0.25, 0.3) is 6.43 Å². The topological polar surface area (TPSA) is 255 Å². The summed E-state index contributed by atoms with van der Waals surface area (Å²) in [6.07, 6.45) is 10.8. The average Bonchev–Trinajstić information content (AvgIpc) is 4.43. The minimum Gasteiger partial charge on any atom is -0.397 e. The van der Waals surface area contributed by atoms with Crippen LogP contribution in [0.25, 0.3) is 33.8 Å². The molecule has 0 bridgehead atoms. The number of aryl methyl sites for hydroxylation is 1. The molecule has 0 saturated carbocycles. The molecule has 84 heavy (non-hydrogen) atoms. The van der Waals surface area contributed by atoms with Crippen molar-refractivity contribution in [2.75, 3.05) is 17.2 Å². The average molecular weight is 1140 g/mol. The molecule has 9 aromatic rings. The van der Waals surface area contributed by atoms with Gasteiger partial charge in [-0.25, -0.2) is 17.6 Å². The zero-order chi connectivity index (χ0) is 58.9. The van der Waals surface area contributed by atoms with E-state index in [9.17, 15) is 31.9 Å². The predicted octanol–water partition coefficient (Wildman–Crippen LogP) is 8.92. The lowest BCUT2D eigenvalue weighted by molar-refractivity contribution is -0.131. The molecule has 22 heteroatoms. The molecular formula is C62H57F4N15O3. The SMILES string of the molecule is CCc1cc2c(cn1)CN(C(=O)Cc1nc(-c3cccnc3)ccc1N)C2.Nc1ccc(-c2cccnc2)nc1CC(=O)N1Cc2cnc(C(F)F)cc2C1.Nc1ccc(-c2cccnc2)nc1CC(=O)N1Cc2cnc(CC(F)F)cc2C1. The van der Waals surface area contributed by atoms with Crippen LogP contribution in [-0.4, -0.2) is 83.7 Å². The molecule has 3 aliphatic rings. The van der Waals surface area contributed by atoms with Gasteiger partial charge in [0.15, 0.2) is 0 Å². The number of nitrogens with two attached hydrogens (primary N) is 3. The molecule has 0 aliphatic carbocycles. The highest BCUT2D eigenvalue weighted by Gasteiger charge is 2.29. The van der Waals surface area contributed by atoms with E-state index >= 15 is 0 Å². The van der Waals surface area contributed by atoms with Crippen LogP contribution in [0.4, 0.5) is 34.6 Å². The van der Waals surface area contributed by atoms with E-state index in [-0.39, 0.29) is 55.6 Å². The van der Waals surface area contributed by atoms with Gasteiger partial charge in [-0.15, -0.1) is 0 Å². The summed E-state index contributed by atoms with van der Waals surface area (Å²) in [6.45, 7) is 4.68. The second-order valence-corrected chi connectivity index (χ2v) is 20.2. The maximum atomic E-state index is 12.8. The second kappa shape index (κ2) is 25.8. The number of anilines is 3. The molecule has 0 unspecified atom stereocenters. The third-order valence-corrected chi connectivity index (χ3v) is 14.4. The van der Waals surface area contributed by atoms with Crippen LogP contribution in [0.5, 0.6) is 0 Å². The quantitative estimate of drug-likeness (QED) is 0.0911. The van der Waals surface area contributed by atoms with E-state index in [0.717, 1.165) is 56.8 Å². The lowest BCUT2D eigenvalue weighted by atomic mass is 10.1. The minimum atomic E-state index is -2.63. The van der Waals surface area contributed by atoms with Gasteiger partial charge in [-0.3, -0.25) is 59.2 Å². The van der Waals surface area contributed by atoms with Gasteiger partial charge in [0.2, 0.25) is 24.1 Å². The normalized spacial score (nSPS) is 13.0. The van der Waals surface area contributed by atoms with Crippen LogP contribution in [-0.2, 0) is 85.8 Å². The number of nitrogen functional groups attached to an aromatic ring is 3. The van der Waals surface area contributed by atoms with Crippen molar-refractivity contribution in [3.05, 3.63) is 214 Å². The molecular weight excluding hydrogens is 1080 g/mol. The Morgan fingerprint density at radius 2 is 0.821 bits per heavy atom. The van der Waals surface area contributed by atoms with Crippen LogP contribution in [0, 0.1) is 0 Å². The molecule has 0 atom stereocenters. The summed E-state index contributed by atoms with van der Waals surface area (Å²) in [7, 11) is 0. The number of amides is 3. The predicted molar refractivity (Wildman–Crippen MR) is 306 cm³/mol. The Balaban J connectivity index is 0.000000140. The third-order valence-electron chi connectivity index (χ3n) is 14.4. The molecule has 0 aromatic carbocycles. The van der Waals surface area contributed by atoms with E-state index in [1.807, 2.05) is 47.5 Å². The van der Waals surface area contributed by atoms with Crippen LogP contribution in [0.2, 0.25) is 0 Å². The molecule has 6 N–H and O–H groups in total. The van der Waals surface area contributed by atoms with Crippen molar-refractivity contribution in [2.24, 2.45) is 0 Å². The molecule has 0 saturated heterocycles. The third kappa shape index (κ3) is 13.8. The van der Waals surface area contributed by atoms with Crippen LogP contribution in [0.3, 0.4) is 0 Å². The summed E-state index contributed by atoms with van der Waals surface area (Å²) in [5, 5.41) is 0. The summed E-state index contributed by atoms with van der Waals surface area (Å²) in [6, 6.07) is 27.0. The van der Waals surface area contributed by atoms with Gasteiger partial charge in [0.1, 0.15) is 5.69 Å². The van der Waals surface area contributed by atoms with Crippen LogP contribution >= 0.6 is 0 Å². The summed E-state index contributed by atoms with van der Waals surface area (Å²) < 4.78 is 50.8. The summed E-state index contributed by atoms with van der Waals surface area (Å²) >= 11 is 0. The number of hydrogen-bond donors (Lipinski definition) is 3. The number of pyridine rings is 9. The van der Waals surface area contributed by atoms with Crippen molar-refractivity contribution < 1.29 is 31.9 Å². The Morgan fingerprint density at radius 3 is 1.18 bits per heavy atom. The fourth-order valence-corrected chi connectivity index (χ4v) is 9.83. The number of alkyl halides is 4. The van der Waals surface area contributed by atoms with Gasteiger partial charge in [0.05, 0.1) is 76.9 Å². The Hall–Kier alpha value is -10.1.